The van der Waals surface area contributed by atoms with Crippen molar-refractivity contribution in [2.24, 2.45) is 11.1 Å². The van der Waals surface area contributed by atoms with Crippen molar-refractivity contribution in [1.29, 1.82) is 0 Å². The zero-order chi connectivity index (χ0) is 14.8. The van der Waals surface area contributed by atoms with Gasteiger partial charge in [-0.05, 0) is 37.0 Å². The minimum Gasteiger partial charge on any atom is -0.399 e. The molecule has 0 bridgehead atoms. The van der Waals surface area contributed by atoms with E-state index >= 15 is 0 Å². The van der Waals surface area contributed by atoms with Gasteiger partial charge >= 0.3 is 0 Å². The summed E-state index contributed by atoms with van der Waals surface area (Å²) >= 11 is 0. The molecule has 2 rings (SSSR count). The van der Waals surface area contributed by atoms with Crippen LogP contribution >= 0.6 is 0 Å². The molecular formula is C14H23N3O2S. The predicted molar refractivity (Wildman–Crippen MR) is 81.9 cm³/mol. The molecule has 1 aliphatic carbocycles. The highest BCUT2D eigenvalue weighted by Gasteiger charge is 2.23. The lowest BCUT2D eigenvalue weighted by Crippen LogP contribution is -2.28. The molecule has 1 saturated carbocycles. The molecule has 0 saturated heterocycles. The number of primary sulfonamides is 1. The normalized spacial score (nSPS) is 23.5. The SMILES string of the molecule is CCC1CCCC(Nc2ccc(N)cc2S(N)(=O)=O)C1. The molecule has 1 aromatic carbocycles. The quantitative estimate of drug-likeness (QED) is 0.743. The number of anilines is 2. The molecule has 5 nitrogen and oxygen atoms in total. The number of benzene rings is 1. The predicted octanol–water partition coefficient (Wildman–Crippen LogP) is 2.30. The molecule has 6 heteroatoms. The van der Waals surface area contributed by atoms with Gasteiger partial charge < -0.3 is 11.1 Å². The molecule has 112 valence electrons. The smallest absolute Gasteiger partial charge is 0.240 e. The van der Waals surface area contributed by atoms with Crippen molar-refractivity contribution >= 4 is 21.4 Å². The van der Waals surface area contributed by atoms with E-state index in [1.807, 2.05) is 0 Å². The summed E-state index contributed by atoms with van der Waals surface area (Å²) in [5.74, 6) is 0.716. The Labute approximate surface area is 120 Å². The fourth-order valence-corrected chi connectivity index (χ4v) is 3.64. The lowest BCUT2D eigenvalue weighted by Gasteiger charge is -2.30. The summed E-state index contributed by atoms with van der Waals surface area (Å²) in [5, 5.41) is 8.59. The van der Waals surface area contributed by atoms with Crippen LogP contribution in [0.15, 0.2) is 23.1 Å². The van der Waals surface area contributed by atoms with Gasteiger partial charge in [0.25, 0.3) is 0 Å². The minimum absolute atomic E-state index is 0.0797. The van der Waals surface area contributed by atoms with Crippen LogP contribution in [0.3, 0.4) is 0 Å². The van der Waals surface area contributed by atoms with Gasteiger partial charge in [0.05, 0.1) is 5.69 Å². The van der Waals surface area contributed by atoms with Crippen LogP contribution < -0.4 is 16.2 Å². The highest BCUT2D eigenvalue weighted by Crippen LogP contribution is 2.31. The van der Waals surface area contributed by atoms with Gasteiger partial charge in [0.15, 0.2) is 0 Å². The third-order valence-corrected chi connectivity index (χ3v) is 4.98. The van der Waals surface area contributed by atoms with Crippen LogP contribution in [-0.4, -0.2) is 14.5 Å². The Morgan fingerprint density at radius 2 is 2.10 bits per heavy atom. The third kappa shape index (κ3) is 3.64. The number of nitrogens with two attached hydrogens (primary N) is 2. The molecule has 0 aromatic heterocycles. The van der Waals surface area contributed by atoms with Crippen LogP contribution in [0, 0.1) is 5.92 Å². The van der Waals surface area contributed by atoms with Gasteiger partial charge in [0, 0.05) is 11.7 Å². The van der Waals surface area contributed by atoms with Crippen molar-refractivity contribution in [3.8, 4) is 0 Å². The maximum absolute atomic E-state index is 11.7. The molecule has 0 spiro atoms. The molecule has 1 aliphatic rings. The zero-order valence-corrected chi connectivity index (χ0v) is 12.6. The molecule has 2 atom stereocenters. The summed E-state index contributed by atoms with van der Waals surface area (Å²) < 4.78 is 23.3. The van der Waals surface area contributed by atoms with E-state index in [1.54, 1.807) is 12.1 Å². The first-order valence-corrected chi connectivity index (χ1v) is 8.63. The largest absolute Gasteiger partial charge is 0.399 e. The number of rotatable bonds is 4. The zero-order valence-electron chi connectivity index (χ0n) is 11.8. The average Bonchev–Trinajstić information content (AvgIpc) is 2.40. The average molecular weight is 297 g/mol. The van der Waals surface area contributed by atoms with Crippen molar-refractivity contribution < 1.29 is 8.42 Å². The number of sulfonamides is 1. The molecular weight excluding hydrogens is 274 g/mol. The topological polar surface area (TPSA) is 98.2 Å². The first-order chi connectivity index (χ1) is 9.40. The van der Waals surface area contributed by atoms with Gasteiger partial charge in [-0.3, -0.25) is 0 Å². The summed E-state index contributed by atoms with van der Waals surface area (Å²) in [7, 11) is -3.77. The molecule has 0 amide bonds. The van der Waals surface area contributed by atoms with Gasteiger partial charge in [0.2, 0.25) is 10.0 Å². The van der Waals surface area contributed by atoms with E-state index < -0.39 is 10.0 Å². The van der Waals surface area contributed by atoms with E-state index in [4.69, 9.17) is 10.9 Å². The van der Waals surface area contributed by atoms with E-state index in [2.05, 4.69) is 12.2 Å². The van der Waals surface area contributed by atoms with Crippen LogP contribution in [-0.2, 0) is 10.0 Å². The Bertz CT molecular complexity index is 572. The molecule has 0 heterocycles. The maximum atomic E-state index is 11.7. The second-order valence-electron chi connectivity index (χ2n) is 5.58. The molecule has 2 unspecified atom stereocenters. The maximum Gasteiger partial charge on any atom is 0.240 e. The second kappa shape index (κ2) is 6.01. The monoisotopic (exact) mass is 297 g/mol. The number of hydrogen-bond donors (Lipinski definition) is 3. The van der Waals surface area contributed by atoms with Crippen LogP contribution in [0.25, 0.3) is 0 Å². The summed E-state index contributed by atoms with van der Waals surface area (Å²) in [6, 6.07) is 5.11. The van der Waals surface area contributed by atoms with E-state index in [0.717, 1.165) is 12.8 Å². The van der Waals surface area contributed by atoms with E-state index in [9.17, 15) is 8.42 Å². The number of hydrogen-bond acceptors (Lipinski definition) is 4. The van der Waals surface area contributed by atoms with Crippen LogP contribution in [0.2, 0.25) is 0 Å². The molecule has 0 aliphatic heterocycles. The lowest BCUT2D eigenvalue weighted by atomic mass is 9.84. The molecule has 1 aromatic rings. The number of nitrogens with one attached hydrogen (secondary N) is 1. The molecule has 0 radical (unpaired) electrons. The Morgan fingerprint density at radius 1 is 1.35 bits per heavy atom. The van der Waals surface area contributed by atoms with Crippen LogP contribution in [0.5, 0.6) is 0 Å². The van der Waals surface area contributed by atoms with Gasteiger partial charge in [0.1, 0.15) is 4.90 Å². The van der Waals surface area contributed by atoms with Crippen molar-refractivity contribution in [2.75, 3.05) is 11.1 Å². The van der Waals surface area contributed by atoms with Gasteiger partial charge in [-0.2, -0.15) is 0 Å². The molecule has 5 N–H and O–H groups in total. The fraction of sp³-hybridized carbons (Fsp3) is 0.571. The summed E-state index contributed by atoms with van der Waals surface area (Å²) in [5.41, 5.74) is 6.61. The minimum atomic E-state index is -3.77. The van der Waals surface area contributed by atoms with Crippen molar-refractivity contribution in [3.05, 3.63) is 18.2 Å². The second-order valence-corrected chi connectivity index (χ2v) is 7.11. The van der Waals surface area contributed by atoms with Crippen molar-refractivity contribution in [3.63, 3.8) is 0 Å². The van der Waals surface area contributed by atoms with Gasteiger partial charge in [-0.1, -0.05) is 26.2 Å². The van der Waals surface area contributed by atoms with Gasteiger partial charge in [-0.25, -0.2) is 13.6 Å². The Balaban J connectivity index is 2.21. The first kappa shape index (κ1) is 15.1. The Kier molecular flexibility index (Phi) is 4.55. The van der Waals surface area contributed by atoms with E-state index in [0.29, 0.717) is 23.3 Å². The first-order valence-electron chi connectivity index (χ1n) is 7.09. The van der Waals surface area contributed by atoms with Gasteiger partial charge in [-0.15, -0.1) is 0 Å². The summed E-state index contributed by atoms with van der Waals surface area (Å²) in [6.45, 7) is 2.20. The Morgan fingerprint density at radius 3 is 2.75 bits per heavy atom. The van der Waals surface area contributed by atoms with Crippen LogP contribution in [0.1, 0.15) is 39.0 Å². The fourth-order valence-electron chi connectivity index (χ4n) is 2.91. The van der Waals surface area contributed by atoms with Crippen LogP contribution in [0.4, 0.5) is 11.4 Å². The summed E-state index contributed by atoms with van der Waals surface area (Å²) in [4.78, 5) is 0.0797. The summed E-state index contributed by atoms with van der Waals surface area (Å²) in [6.07, 6.45) is 5.74. The number of nitrogen functional groups attached to an aromatic ring is 1. The molecule has 1 fully saturated rings. The molecule has 20 heavy (non-hydrogen) atoms. The Hall–Kier alpha value is -1.27. The third-order valence-electron chi connectivity index (χ3n) is 4.03. The lowest BCUT2D eigenvalue weighted by molar-refractivity contribution is 0.327. The van der Waals surface area contributed by atoms with Crippen molar-refractivity contribution in [1.82, 2.24) is 0 Å². The highest BCUT2D eigenvalue weighted by molar-refractivity contribution is 7.89. The van der Waals surface area contributed by atoms with E-state index in [1.165, 1.54) is 25.3 Å². The van der Waals surface area contributed by atoms with E-state index in [-0.39, 0.29) is 4.90 Å². The highest BCUT2D eigenvalue weighted by atomic mass is 32.2. The van der Waals surface area contributed by atoms with Crippen molar-refractivity contribution in [2.45, 2.75) is 50.0 Å². The standard InChI is InChI=1S/C14H23N3O2S/c1-2-10-4-3-5-12(8-10)17-13-7-6-11(15)9-14(13)20(16,18)19/h6-7,9-10,12,17H,2-5,8,15H2,1H3,(H2,16,18,19).